The topological polar surface area (TPSA) is 92.5 Å². The van der Waals surface area contributed by atoms with Gasteiger partial charge in [-0.2, -0.15) is 0 Å². The van der Waals surface area contributed by atoms with Gasteiger partial charge in [-0.15, -0.1) is 11.3 Å². The van der Waals surface area contributed by atoms with Crippen LogP contribution in [0.1, 0.15) is 26.9 Å². The summed E-state index contributed by atoms with van der Waals surface area (Å²) >= 11 is 7.16. The lowest BCUT2D eigenvalue weighted by Crippen LogP contribution is -2.28. The Kier molecular flexibility index (Phi) is 5.12. The first-order valence-corrected chi connectivity index (χ1v) is 7.60. The molecule has 116 valence electrons. The van der Waals surface area contributed by atoms with Crippen LogP contribution in [0.4, 0.5) is 5.69 Å². The summed E-state index contributed by atoms with van der Waals surface area (Å²) in [6.07, 6.45) is -0.859. The Labute approximate surface area is 135 Å². The number of nitrogens with one attached hydrogen (secondary N) is 1. The van der Waals surface area contributed by atoms with Crippen molar-refractivity contribution in [1.29, 1.82) is 0 Å². The molecule has 1 atom stereocenters. The van der Waals surface area contributed by atoms with Crippen molar-refractivity contribution in [3.8, 4) is 0 Å². The fraction of sp³-hybridized carbons (Fsp3) is 0.214. The minimum absolute atomic E-state index is 0.0378. The number of nitrogens with zero attached hydrogens (tertiary/aromatic N) is 1. The average Bonchev–Trinajstić information content (AvgIpc) is 2.90. The number of aryl methyl sites for hydroxylation is 1. The van der Waals surface area contributed by atoms with Crippen LogP contribution in [-0.2, 0) is 0 Å². The molecule has 0 fully saturated rings. The van der Waals surface area contributed by atoms with E-state index < -0.39 is 16.9 Å². The fourth-order valence-corrected chi connectivity index (χ4v) is 3.04. The van der Waals surface area contributed by atoms with Crippen LogP contribution in [0.2, 0.25) is 5.02 Å². The second-order valence-electron chi connectivity index (χ2n) is 4.61. The van der Waals surface area contributed by atoms with Crippen molar-refractivity contribution >= 4 is 34.5 Å². The van der Waals surface area contributed by atoms with Gasteiger partial charge < -0.3 is 10.4 Å². The van der Waals surface area contributed by atoms with E-state index in [2.05, 4.69) is 5.32 Å². The third kappa shape index (κ3) is 3.62. The van der Waals surface area contributed by atoms with Crippen LogP contribution in [0.15, 0.2) is 29.6 Å². The molecule has 0 spiro atoms. The zero-order chi connectivity index (χ0) is 16.3. The standard InChI is InChI=1S/C14H13ClN2O4S/c1-8-4-5-22-13(8)12(18)7-16-14(19)10-6-9(15)2-3-11(10)17(20)21/h2-6,12,18H,7H2,1H3,(H,16,19). The third-order valence-electron chi connectivity index (χ3n) is 3.06. The minimum atomic E-state index is -0.859. The number of carbonyl (C=O) groups is 1. The molecule has 0 saturated heterocycles. The van der Waals surface area contributed by atoms with Crippen molar-refractivity contribution in [3.05, 3.63) is 60.8 Å². The molecule has 22 heavy (non-hydrogen) atoms. The molecule has 0 saturated carbocycles. The highest BCUT2D eigenvalue weighted by Crippen LogP contribution is 2.25. The van der Waals surface area contributed by atoms with Crippen LogP contribution < -0.4 is 5.32 Å². The number of nitro benzene ring substituents is 1. The fourth-order valence-electron chi connectivity index (χ4n) is 1.95. The lowest BCUT2D eigenvalue weighted by Gasteiger charge is -2.12. The maximum atomic E-state index is 12.1. The van der Waals surface area contributed by atoms with Gasteiger partial charge in [0.05, 0.1) is 4.92 Å². The molecule has 1 unspecified atom stereocenters. The first-order chi connectivity index (χ1) is 10.4. The molecule has 0 aliphatic rings. The van der Waals surface area contributed by atoms with Crippen LogP contribution in [0.5, 0.6) is 0 Å². The third-order valence-corrected chi connectivity index (χ3v) is 4.42. The molecule has 6 nitrogen and oxygen atoms in total. The van der Waals surface area contributed by atoms with Crippen molar-refractivity contribution in [2.75, 3.05) is 6.54 Å². The van der Waals surface area contributed by atoms with Crippen LogP contribution in [0.25, 0.3) is 0 Å². The zero-order valence-electron chi connectivity index (χ0n) is 11.6. The van der Waals surface area contributed by atoms with E-state index in [1.165, 1.54) is 29.5 Å². The van der Waals surface area contributed by atoms with Crippen LogP contribution in [-0.4, -0.2) is 22.5 Å². The van der Waals surface area contributed by atoms with Gasteiger partial charge in [0.25, 0.3) is 11.6 Å². The molecular weight excluding hydrogens is 328 g/mol. The summed E-state index contributed by atoms with van der Waals surface area (Å²) in [6, 6.07) is 5.63. The Bertz CT molecular complexity index is 717. The second kappa shape index (κ2) is 6.87. The van der Waals surface area contributed by atoms with Gasteiger partial charge >= 0.3 is 0 Å². The quantitative estimate of drug-likeness (QED) is 0.646. The molecule has 2 aromatic rings. The predicted octanol–water partition coefficient (Wildman–Crippen LogP) is 3.08. The monoisotopic (exact) mass is 340 g/mol. The molecule has 8 heteroatoms. The van der Waals surface area contributed by atoms with Crippen molar-refractivity contribution in [2.45, 2.75) is 13.0 Å². The van der Waals surface area contributed by atoms with Gasteiger partial charge in [-0.1, -0.05) is 11.6 Å². The summed E-state index contributed by atoms with van der Waals surface area (Å²) in [4.78, 5) is 23.1. The van der Waals surface area contributed by atoms with Crippen molar-refractivity contribution < 1.29 is 14.8 Å². The minimum Gasteiger partial charge on any atom is -0.386 e. The number of aliphatic hydroxyl groups is 1. The summed E-state index contributed by atoms with van der Waals surface area (Å²) in [5.41, 5.74) is 0.469. The number of nitro groups is 1. The van der Waals surface area contributed by atoms with E-state index in [0.29, 0.717) is 0 Å². The molecular formula is C14H13ClN2O4S. The number of thiophene rings is 1. The lowest BCUT2D eigenvalue weighted by atomic mass is 10.1. The molecule has 1 heterocycles. The number of benzene rings is 1. The number of halogens is 1. The summed E-state index contributed by atoms with van der Waals surface area (Å²) in [5, 5.41) is 25.6. The Balaban J connectivity index is 2.11. The number of amides is 1. The molecule has 1 amide bonds. The molecule has 2 rings (SSSR count). The van der Waals surface area contributed by atoms with E-state index in [1.54, 1.807) is 0 Å². The van der Waals surface area contributed by atoms with Gasteiger partial charge in [0, 0.05) is 22.5 Å². The molecule has 2 N–H and O–H groups in total. The number of aliphatic hydroxyl groups excluding tert-OH is 1. The van der Waals surface area contributed by atoms with E-state index >= 15 is 0 Å². The number of carbonyl (C=O) groups excluding carboxylic acids is 1. The van der Waals surface area contributed by atoms with Crippen LogP contribution in [0, 0.1) is 17.0 Å². The maximum Gasteiger partial charge on any atom is 0.282 e. The van der Waals surface area contributed by atoms with Gasteiger partial charge in [-0.25, -0.2) is 0 Å². The molecule has 0 bridgehead atoms. The van der Waals surface area contributed by atoms with Crippen molar-refractivity contribution in [1.82, 2.24) is 5.32 Å². The molecule has 0 aliphatic carbocycles. The predicted molar refractivity (Wildman–Crippen MR) is 84.5 cm³/mol. The van der Waals surface area contributed by atoms with Crippen LogP contribution in [0.3, 0.4) is 0 Å². The van der Waals surface area contributed by atoms with E-state index in [0.717, 1.165) is 10.4 Å². The van der Waals surface area contributed by atoms with E-state index in [4.69, 9.17) is 11.6 Å². The Morgan fingerprint density at radius 1 is 1.50 bits per heavy atom. The second-order valence-corrected chi connectivity index (χ2v) is 6.00. The number of rotatable bonds is 5. The Hall–Kier alpha value is -1.96. The summed E-state index contributed by atoms with van der Waals surface area (Å²) in [7, 11) is 0. The highest BCUT2D eigenvalue weighted by Gasteiger charge is 2.21. The summed E-state index contributed by atoms with van der Waals surface area (Å²) < 4.78 is 0. The SMILES string of the molecule is Cc1ccsc1C(O)CNC(=O)c1cc(Cl)ccc1[N+](=O)[O-]. The number of hydrogen-bond donors (Lipinski definition) is 2. The highest BCUT2D eigenvalue weighted by molar-refractivity contribution is 7.10. The first kappa shape index (κ1) is 16.4. The molecule has 1 aromatic heterocycles. The smallest absolute Gasteiger partial charge is 0.282 e. The van der Waals surface area contributed by atoms with Gasteiger partial charge in [-0.3, -0.25) is 14.9 Å². The highest BCUT2D eigenvalue weighted by atomic mass is 35.5. The van der Waals surface area contributed by atoms with Gasteiger partial charge in [-0.05, 0) is 36.1 Å². The van der Waals surface area contributed by atoms with E-state index in [9.17, 15) is 20.0 Å². The summed E-state index contributed by atoms with van der Waals surface area (Å²) in [5.74, 6) is -0.651. The van der Waals surface area contributed by atoms with Crippen molar-refractivity contribution in [3.63, 3.8) is 0 Å². The molecule has 0 aliphatic heterocycles. The number of hydrogen-bond acceptors (Lipinski definition) is 5. The average molecular weight is 341 g/mol. The van der Waals surface area contributed by atoms with Crippen LogP contribution >= 0.6 is 22.9 Å². The maximum absolute atomic E-state index is 12.1. The lowest BCUT2D eigenvalue weighted by molar-refractivity contribution is -0.385. The largest absolute Gasteiger partial charge is 0.386 e. The van der Waals surface area contributed by atoms with Gasteiger partial charge in [0.15, 0.2) is 0 Å². The zero-order valence-corrected chi connectivity index (χ0v) is 13.1. The normalized spacial score (nSPS) is 12.0. The van der Waals surface area contributed by atoms with Gasteiger partial charge in [0.2, 0.25) is 0 Å². The van der Waals surface area contributed by atoms with E-state index in [1.807, 2.05) is 18.4 Å². The van der Waals surface area contributed by atoms with Crippen molar-refractivity contribution in [2.24, 2.45) is 0 Å². The Morgan fingerprint density at radius 3 is 2.82 bits per heavy atom. The van der Waals surface area contributed by atoms with E-state index in [-0.39, 0.29) is 22.8 Å². The first-order valence-electron chi connectivity index (χ1n) is 6.34. The molecule has 0 radical (unpaired) electrons. The Morgan fingerprint density at radius 2 is 2.23 bits per heavy atom. The van der Waals surface area contributed by atoms with Gasteiger partial charge in [0.1, 0.15) is 11.7 Å². The summed E-state index contributed by atoms with van der Waals surface area (Å²) in [6.45, 7) is 1.82. The molecule has 1 aromatic carbocycles.